The zero-order valence-electron chi connectivity index (χ0n) is 11.3. The van der Waals surface area contributed by atoms with E-state index in [0.717, 1.165) is 18.6 Å². The number of hydrogen-bond donors (Lipinski definition) is 1. The first-order valence-electron chi connectivity index (χ1n) is 6.36. The van der Waals surface area contributed by atoms with Crippen molar-refractivity contribution in [1.29, 1.82) is 0 Å². The SMILES string of the molecule is CCCOCCOc1ccc(C(C)NC)cc1Cl. The van der Waals surface area contributed by atoms with Gasteiger partial charge in [-0.15, -0.1) is 0 Å². The van der Waals surface area contributed by atoms with Gasteiger partial charge >= 0.3 is 0 Å². The highest BCUT2D eigenvalue weighted by Gasteiger charge is 2.07. The Hall–Kier alpha value is -0.770. The molecule has 0 heterocycles. The summed E-state index contributed by atoms with van der Waals surface area (Å²) in [6, 6.07) is 6.15. The highest BCUT2D eigenvalue weighted by molar-refractivity contribution is 6.32. The number of rotatable bonds is 8. The van der Waals surface area contributed by atoms with E-state index < -0.39 is 0 Å². The van der Waals surface area contributed by atoms with Crippen LogP contribution in [0.2, 0.25) is 5.02 Å². The Morgan fingerprint density at radius 2 is 2.06 bits per heavy atom. The number of benzene rings is 1. The normalized spacial score (nSPS) is 12.4. The van der Waals surface area contributed by atoms with Crippen molar-refractivity contribution in [2.45, 2.75) is 26.3 Å². The lowest BCUT2D eigenvalue weighted by molar-refractivity contribution is 0.101. The number of ether oxygens (including phenoxy) is 2. The molecule has 18 heavy (non-hydrogen) atoms. The van der Waals surface area contributed by atoms with Crippen LogP contribution in [-0.4, -0.2) is 26.9 Å². The molecule has 1 atom stereocenters. The van der Waals surface area contributed by atoms with Gasteiger partial charge in [-0.2, -0.15) is 0 Å². The molecule has 0 bridgehead atoms. The fourth-order valence-electron chi connectivity index (χ4n) is 1.53. The second-order valence-corrected chi connectivity index (χ2v) is 4.57. The van der Waals surface area contributed by atoms with Crippen LogP contribution < -0.4 is 10.1 Å². The van der Waals surface area contributed by atoms with Gasteiger partial charge in [0.2, 0.25) is 0 Å². The van der Waals surface area contributed by atoms with E-state index in [2.05, 4.69) is 19.2 Å². The van der Waals surface area contributed by atoms with E-state index >= 15 is 0 Å². The minimum Gasteiger partial charge on any atom is -0.490 e. The molecule has 0 aliphatic heterocycles. The van der Waals surface area contributed by atoms with Gasteiger partial charge in [0.1, 0.15) is 12.4 Å². The van der Waals surface area contributed by atoms with Crippen LogP contribution in [0.15, 0.2) is 18.2 Å². The zero-order chi connectivity index (χ0) is 13.4. The topological polar surface area (TPSA) is 30.5 Å². The van der Waals surface area contributed by atoms with Gasteiger partial charge in [0.15, 0.2) is 0 Å². The van der Waals surface area contributed by atoms with Crippen LogP contribution in [0.25, 0.3) is 0 Å². The van der Waals surface area contributed by atoms with E-state index in [-0.39, 0.29) is 6.04 Å². The van der Waals surface area contributed by atoms with Crippen molar-refractivity contribution in [2.24, 2.45) is 0 Å². The Kier molecular flexibility index (Phi) is 7.09. The molecule has 0 saturated carbocycles. The third-order valence-electron chi connectivity index (χ3n) is 2.72. The molecule has 0 amide bonds. The average Bonchev–Trinajstić information content (AvgIpc) is 2.39. The molecule has 4 heteroatoms. The smallest absolute Gasteiger partial charge is 0.138 e. The summed E-state index contributed by atoms with van der Waals surface area (Å²) in [5, 5.41) is 3.82. The Labute approximate surface area is 114 Å². The summed E-state index contributed by atoms with van der Waals surface area (Å²) in [4.78, 5) is 0. The van der Waals surface area contributed by atoms with Crippen LogP contribution in [0.5, 0.6) is 5.75 Å². The molecule has 3 nitrogen and oxygen atoms in total. The van der Waals surface area contributed by atoms with E-state index in [4.69, 9.17) is 21.1 Å². The molecule has 102 valence electrons. The first kappa shape index (κ1) is 15.3. The van der Waals surface area contributed by atoms with Gasteiger partial charge < -0.3 is 14.8 Å². The van der Waals surface area contributed by atoms with Gasteiger partial charge in [0.05, 0.1) is 11.6 Å². The van der Waals surface area contributed by atoms with Gasteiger partial charge in [-0.05, 0) is 38.1 Å². The van der Waals surface area contributed by atoms with Crippen molar-refractivity contribution in [2.75, 3.05) is 26.9 Å². The van der Waals surface area contributed by atoms with Gasteiger partial charge in [-0.1, -0.05) is 24.6 Å². The zero-order valence-corrected chi connectivity index (χ0v) is 12.1. The number of hydrogen-bond acceptors (Lipinski definition) is 3. The van der Waals surface area contributed by atoms with Crippen molar-refractivity contribution in [1.82, 2.24) is 5.32 Å². The molecule has 0 spiro atoms. The lowest BCUT2D eigenvalue weighted by Crippen LogP contribution is -2.12. The largest absolute Gasteiger partial charge is 0.490 e. The van der Waals surface area contributed by atoms with Crippen molar-refractivity contribution in [3.05, 3.63) is 28.8 Å². The van der Waals surface area contributed by atoms with Crippen LogP contribution in [0, 0.1) is 0 Å². The molecule has 0 fully saturated rings. The molecular weight excluding hydrogens is 250 g/mol. The molecule has 1 aromatic rings. The van der Waals surface area contributed by atoms with Crippen LogP contribution in [0.3, 0.4) is 0 Å². The molecule has 1 aromatic carbocycles. The number of nitrogens with one attached hydrogen (secondary N) is 1. The standard InChI is InChI=1S/C14H22ClNO2/c1-4-7-17-8-9-18-14-6-5-12(10-13(14)15)11(2)16-3/h5-6,10-11,16H,4,7-9H2,1-3H3. The van der Waals surface area contributed by atoms with E-state index in [1.165, 1.54) is 0 Å². The molecule has 0 saturated heterocycles. The number of halogens is 1. The van der Waals surface area contributed by atoms with E-state index in [0.29, 0.717) is 24.0 Å². The highest BCUT2D eigenvalue weighted by atomic mass is 35.5. The van der Waals surface area contributed by atoms with Gasteiger partial charge in [-0.25, -0.2) is 0 Å². The van der Waals surface area contributed by atoms with Gasteiger partial charge in [0, 0.05) is 12.6 Å². The molecular formula is C14H22ClNO2. The molecule has 1 rings (SSSR count). The van der Waals surface area contributed by atoms with E-state index in [1.807, 2.05) is 25.2 Å². The highest BCUT2D eigenvalue weighted by Crippen LogP contribution is 2.27. The average molecular weight is 272 g/mol. The van der Waals surface area contributed by atoms with Crippen LogP contribution in [-0.2, 0) is 4.74 Å². The van der Waals surface area contributed by atoms with Gasteiger partial charge in [-0.3, -0.25) is 0 Å². The van der Waals surface area contributed by atoms with Crippen molar-refractivity contribution in [3.63, 3.8) is 0 Å². The minimum atomic E-state index is 0.282. The summed E-state index contributed by atoms with van der Waals surface area (Å²) in [6.45, 7) is 6.07. The Morgan fingerprint density at radius 1 is 1.28 bits per heavy atom. The lowest BCUT2D eigenvalue weighted by Gasteiger charge is -2.13. The molecule has 1 N–H and O–H groups in total. The second kappa shape index (κ2) is 8.35. The summed E-state index contributed by atoms with van der Waals surface area (Å²) in [5.74, 6) is 0.712. The maximum absolute atomic E-state index is 6.18. The van der Waals surface area contributed by atoms with E-state index in [1.54, 1.807) is 0 Å². The van der Waals surface area contributed by atoms with Gasteiger partial charge in [0.25, 0.3) is 0 Å². The molecule has 0 aromatic heterocycles. The Balaban J connectivity index is 2.47. The first-order valence-corrected chi connectivity index (χ1v) is 6.74. The Bertz CT molecular complexity index is 358. The fraction of sp³-hybridized carbons (Fsp3) is 0.571. The Morgan fingerprint density at radius 3 is 2.67 bits per heavy atom. The third kappa shape index (κ3) is 4.84. The molecule has 0 aliphatic carbocycles. The maximum atomic E-state index is 6.18. The van der Waals surface area contributed by atoms with Crippen molar-refractivity contribution < 1.29 is 9.47 Å². The van der Waals surface area contributed by atoms with Crippen LogP contribution >= 0.6 is 11.6 Å². The summed E-state index contributed by atoms with van der Waals surface area (Å²) >= 11 is 6.18. The maximum Gasteiger partial charge on any atom is 0.138 e. The molecule has 0 radical (unpaired) electrons. The predicted octanol–water partition coefficient (Wildman–Crippen LogP) is 3.43. The monoisotopic (exact) mass is 271 g/mol. The summed E-state index contributed by atoms with van der Waals surface area (Å²) in [6.07, 6.45) is 1.03. The van der Waals surface area contributed by atoms with E-state index in [9.17, 15) is 0 Å². The van der Waals surface area contributed by atoms with Crippen LogP contribution in [0.4, 0.5) is 0 Å². The quantitative estimate of drug-likeness (QED) is 0.735. The summed E-state index contributed by atoms with van der Waals surface area (Å²) < 4.78 is 10.9. The lowest BCUT2D eigenvalue weighted by atomic mass is 10.1. The predicted molar refractivity (Wildman–Crippen MR) is 75.5 cm³/mol. The molecule has 0 aliphatic rings. The molecule has 1 unspecified atom stereocenters. The van der Waals surface area contributed by atoms with Crippen molar-refractivity contribution in [3.8, 4) is 5.75 Å². The first-order chi connectivity index (χ1) is 8.69. The minimum absolute atomic E-state index is 0.282. The third-order valence-corrected chi connectivity index (χ3v) is 3.02. The summed E-state index contributed by atoms with van der Waals surface area (Å²) in [5.41, 5.74) is 1.15. The fourth-order valence-corrected chi connectivity index (χ4v) is 1.77. The van der Waals surface area contributed by atoms with Crippen LogP contribution in [0.1, 0.15) is 31.9 Å². The summed E-state index contributed by atoms with van der Waals surface area (Å²) in [7, 11) is 1.92. The van der Waals surface area contributed by atoms with Crippen molar-refractivity contribution >= 4 is 11.6 Å². The second-order valence-electron chi connectivity index (χ2n) is 4.16.